The minimum Gasteiger partial charge on any atom is -0.472 e. The van der Waals surface area contributed by atoms with Crippen LogP contribution in [0.3, 0.4) is 0 Å². The van der Waals surface area contributed by atoms with Crippen LogP contribution in [0.1, 0.15) is 17.2 Å². The zero-order valence-corrected chi connectivity index (χ0v) is 9.16. The highest BCUT2D eigenvalue weighted by Crippen LogP contribution is 2.28. The summed E-state index contributed by atoms with van der Waals surface area (Å²) in [5.74, 6) is 0. The fourth-order valence-electron chi connectivity index (χ4n) is 1.31. The number of hydrogen-bond acceptors (Lipinski definition) is 2. The van der Waals surface area contributed by atoms with Gasteiger partial charge in [0.25, 0.3) is 0 Å². The van der Waals surface area contributed by atoms with Crippen LogP contribution in [0, 0.1) is 0 Å². The molecule has 2 rings (SSSR count). The molecule has 0 saturated carbocycles. The van der Waals surface area contributed by atoms with E-state index in [0.717, 1.165) is 0 Å². The summed E-state index contributed by atoms with van der Waals surface area (Å²) < 4.78 is 4.89. The first-order valence-electron chi connectivity index (χ1n) is 4.33. The summed E-state index contributed by atoms with van der Waals surface area (Å²) in [5.41, 5.74) is 1.37. The molecule has 0 aliphatic heterocycles. The predicted octanol–water partition coefficient (Wildman–Crippen LogP) is 3.67. The number of aliphatic hydroxyl groups excluding tert-OH is 1. The van der Waals surface area contributed by atoms with Crippen molar-refractivity contribution in [2.45, 2.75) is 6.10 Å². The fraction of sp³-hybridized carbons (Fsp3) is 0.0909. The number of hydrogen-bond donors (Lipinski definition) is 1. The summed E-state index contributed by atoms with van der Waals surface area (Å²) in [6, 6.07) is 6.73. The molecule has 1 aromatic heterocycles. The molecule has 2 nitrogen and oxygen atoms in total. The number of halogens is 2. The van der Waals surface area contributed by atoms with Gasteiger partial charge in [-0.25, -0.2) is 0 Å². The molecule has 4 heteroatoms. The molecule has 0 fully saturated rings. The Morgan fingerprint density at radius 2 is 1.87 bits per heavy atom. The molecule has 0 radical (unpaired) electrons. The summed E-state index contributed by atoms with van der Waals surface area (Å²) in [6.45, 7) is 0. The molecule has 0 saturated heterocycles. The van der Waals surface area contributed by atoms with Gasteiger partial charge >= 0.3 is 0 Å². The lowest BCUT2D eigenvalue weighted by molar-refractivity contribution is 0.219. The highest BCUT2D eigenvalue weighted by Gasteiger charge is 2.12. The fourth-order valence-corrected chi connectivity index (χ4v) is 1.61. The molecule has 1 aromatic carbocycles. The van der Waals surface area contributed by atoms with Gasteiger partial charge in [-0.15, -0.1) is 0 Å². The van der Waals surface area contributed by atoms with Crippen LogP contribution in [-0.4, -0.2) is 5.11 Å². The van der Waals surface area contributed by atoms with Gasteiger partial charge in [-0.2, -0.15) is 0 Å². The smallest absolute Gasteiger partial charge is 0.107 e. The third kappa shape index (κ3) is 2.17. The van der Waals surface area contributed by atoms with Crippen LogP contribution in [0.5, 0.6) is 0 Å². The molecule has 1 heterocycles. The van der Waals surface area contributed by atoms with Gasteiger partial charge in [0.2, 0.25) is 0 Å². The first-order valence-corrected chi connectivity index (χ1v) is 5.09. The van der Waals surface area contributed by atoms with E-state index in [-0.39, 0.29) is 0 Å². The Morgan fingerprint density at radius 3 is 2.47 bits per heavy atom. The van der Waals surface area contributed by atoms with E-state index >= 15 is 0 Å². The van der Waals surface area contributed by atoms with Gasteiger partial charge in [0.05, 0.1) is 22.6 Å². The van der Waals surface area contributed by atoms with Gasteiger partial charge in [-0.3, -0.25) is 0 Å². The van der Waals surface area contributed by atoms with Crippen molar-refractivity contribution in [3.05, 3.63) is 58.0 Å². The Labute approximate surface area is 97.0 Å². The van der Waals surface area contributed by atoms with Gasteiger partial charge in [-0.1, -0.05) is 29.3 Å². The van der Waals surface area contributed by atoms with Crippen LogP contribution in [0.2, 0.25) is 10.0 Å². The average Bonchev–Trinajstić information content (AvgIpc) is 2.74. The Bertz CT molecular complexity index is 452. The molecular weight excluding hydrogens is 235 g/mol. The Morgan fingerprint density at radius 1 is 1.07 bits per heavy atom. The predicted molar refractivity (Wildman–Crippen MR) is 59.2 cm³/mol. The van der Waals surface area contributed by atoms with Gasteiger partial charge in [0.15, 0.2) is 0 Å². The molecule has 15 heavy (non-hydrogen) atoms. The number of rotatable bonds is 2. The van der Waals surface area contributed by atoms with Gasteiger partial charge < -0.3 is 9.52 Å². The monoisotopic (exact) mass is 242 g/mol. The summed E-state index contributed by atoms with van der Waals surface area (Å²) in [4.78, 5) is 0. The topological polar surface area (TPSA) is 33.4 Å². The quantitative estimate of drug-likeness (QED) is 0.872. The standard InChI is InChI=1S/C11H8Cl2O2/c12-9-2-1-7(5-10(9)13)11(14)8-3-4-15-6-8/h1-6,11,14H. The molecule has 78 valence electrons. The van der Waals surface area contributed by atoms with E-state index < -0.39 is 6.10 Å². The molecular formula is C11H8Cl2O2. The van der Waals surface area contributed by atoms with E-state index in [1.807, 2.05) is 0 Å². The molecule has 2 aromatic rings. The highest BCUT2D eigenvalue weighted by molar-refractivity contribution is 6.42. The number of aliphatic hydroxyl groups is 1. The van der Waals surface area contributed by atoms with Crippen molar-refractivity contribution in [2.24, 2.45) is 0 Å². The van der Waals surface area contributed by atoms with Crippen molar-refractivity contribution in [2.75, 3.05) is 0 Å². The Balaban J connectivity index is 2.34. The SMILES string of the molecule is OC(c1ccoc1)c1ccc(Cl)c(Cl)c1. The molecule has 1 N–H and O–H groups in total. The van der Waals surface area contributed by atoms with Crippen LogP contribution in [0.25, 0.3) is 0 Å². The van der Waals surface area contributed by atoms with Crippen LogP contribution in [-0.2, 0) is 0 Å². The first-order chi connectivity index (χ1) is 7.18. The highest BCUT2D eigenvalue weighted by atomic mass is 35.5. The van der Waals surface area contributed by atoms with Gasteiger partial charge in [0, 0.05) is 5.56 Å². The average molecular weight is 243 g/mol. The summed E-state index contributed by atoms with van der Waals surface area (Å²) in [5, 5.41) is 10.8. The molecule has 0 amide bonds. The van der Waals surface area contributed by atoms with E-state index in [4.69, 9.17) is 27.6 Å². The van der Waals surface area contributed by atoms with Crippen molar-refractivity contribution in [1.29, 1.82) is 0 Å². The first kappa shape index (κ1) is 10.6. The Hall–Kier alpha value is -0.960. The third-order valence-corrected chi connectivity index (χ3v) is 2.86. The summed E-state index contributed by atoms with van der Waals surface area (Å²) in [7, 11) is 0. The molecule has 0 bridgehead atoms. The van der Waals surface area contributed by atoms with Crippen molar-refractivity contribution in [3.8, 4) is 0 Å². The summed E-state index contributed by atoms with van der Waals surface area (Å²) >= 11 is 11.6. The van der Waals surface area contributed by atoms with E-state index in [9.17, 15) is 5.11 Å². The maximum Gasteiger partial charge on any atom is 0.107 e. The summed E-state index contributed by atoms with van der Waals surface area (Å²) in [6.07, 6.45) is 2.27. The second-order valence-electron chi connectivity index (χ2n) is 3.13. The van der Waals surface area contributed by atoms with Crippen molar-refractivity contribution >= 4 is 23.2 Å². The number of furan rings is 1. The van der Waals surface area contributed by atoms with Crippen LogP contribution in [0.15, 0.2) is 41.2 Å². The van der Waals surface area contributed by atoms with Gasteiger partial charge in [-0.05, 0) is 23.8 Å². The lowest BCUT2D eigenvalue weighted by Gasteiger charge is -2.09. The zero-order chi connectivity index (χ0) is 10.8. The number of benzene rings is 1. The second-order valence-corrected chi connectivity index (χ2v) is 3.95. The largest absolute Gasteiger partial charge is 0.472 e. The molecule has 0 aliphatic rings. The van der Waals surface area contributed by atoms with Crippen LogP contribution < -0.4 is 0 Å². The lowest BCUT2D eigenvalue weighted by atomic mass is 10.0. The maximum atomic E-state index is 9.93. The minimum atomic E-state index is -0.737. The van der Waals surface area contributed by atoms with Gasteiger partial charge in [0.1, 0.15) is 6.10 Å². The normalized spacial score (nSPS) is 12.7. The van der Waals surface area contributed by atoms with Crippen molar-refractivity contribution < 1.29 is 9.52 Å². The minimum absolute atomic E-state index is 0.428. The van der Waals surface area contributed by atoms with Crippen LogP contribution in [0.4, 0.5) is 0 Å². The van der Waals surface area contributed by atoms with E-state index in [2.05, 4.69) is 0 Å². The molecule has 0 spiro atoms. The van der Waals surface area contributed by atoms with E-state index in [0.29, 0.717) is 21.2 Å². The second kappa shape index (κ2) is 4.27. The zero-order valence-electron chi connectivity index (χ0n) is 7.65. The Kier molecular flexibility index (Phi) is 3.00. The van der Waals surface area contributed by atoms with Crippen molar-refractivity contribution in [1.82, 2.24) is 0 Å². The molecule has 0 aliphatic carbocycles. The lowest BCUT2D eigenvalue weighted by Crippen LogP contribution is -1.97. The maximum absolute atomic E-state index is 9.93. The van der Waals surface area contributed by atoms with E-state index in [1.165, 1.54) is 12.5 Å². The third-order valence-electron chi connectivity index (χ3n) is 2.12. The molecule has 1 atom stereocenters. The molecule has 1 unspecified atom stereocenters. The van der Waals surface area contributed by atoms with Crippen molar-refractivity contribution in [3.63, 3.8) is 0 Å². The van der Waals surface area contributed by atoms with Crippen LogP contribution >= 0.6 is 23.2 Å². The van der Waals surface area contributed by atoms with E-state index in [1.54, 1.807) is 24.3 Å².